The Morgan fingerprint density at radius 1 is 1.40 bits per heavy atom. The first kappa shape index (κ1) is 18.6. The molecule has 2 rings (SSSR count). The lowest BCUT2D eigenvalue weighted by atomic mass is 9.89. The minimum atomic E-state index is -0.613. The molecule has 0 saturated heterocycles. The molecule has 1 aromatic carbocycles. The molecule has 0 atom stereocenters. The van der Waals surface area contributed by atoms with E-state index >= 15 is 0 Å². The van der Waals surface area contributed by atoms with Crippen LogP contribution in [0.5, 0.6) is 5.75 Å². The summed E-state index contributed by atoms with van der Waals surface area (Å²) < 4.78 is 11.1. The number of benzene rings is 1. The zero-order valence-corrected chi connectivity index (χ0v) is 15.2. The summed E-state index contributed by atoms with van der Waals surface area (Å²) in [5.41, 5.74) is 1.77. The van der Waals surface area contributed by atoms with Gasteiger partial charge in [-0.05, 0) is 25.1 Å². The third kappa shape index (κ3) is 4.89. The molecule has 0 bridgehead atoms. The Morgan fingerprint density at radius 2 is 2.16 bits per heavy atom. The fourth-order valence-electron chi connectivity index (χ4n) is 2.36. The second-order valence-electron chi connectivity index (χ2n) is 6.69. The molecule has 0 radical (unpaired) electrons. The predicted molar refractivity (Wildman–Crippen MR) is 102 cm³/mol. The van der Waals surface area contributed by atoms with Crippen molar-refractivity contribution in [3.05, 3.63) is 58.9 Å². The van der Waals surface area contributed by atoms with Crippen molar-refractivity contribution in [2.24, 2.45) is 4.99 Å². The lowest BCUT2D eigenvalue weighted by molar-refractivity contribution is 0.319. The minimum Gasteiger partial charge on any atom is -0.489 e. The van der Waals surface area contributed by atoms with Gasteiger partial charge >= 0.3 is 5.76 Å². The summed E-state index contributed by atoms with van der Waals surface area (Å²) in [5.74, 6) is -0.0795. The topological polar surface area (TPSA) is 64.7 Å². The van der Waals surface area contributed by atoms with Crippen LogP contribution in [-0.4, -0.2) is 17.8 Å². The average molecular weight is 340 g/mol. The standard InChI is InChI=1S/C20H24N2O3/c1-6-21-12-10-14(2)11-13-24-16-9-7-8-15-17(16)25-19(23)22-18(15)20(3,4)5/h6-10,12H,2,11,13H2,1,3-5H3/b12-10-,21-6?. The van der Waals surface area contributed by atoms with Gasteiger partial charge in [-0.2, -0.15) is 4.98 Å². The normalized spacial score (nSPS) is 12.3. The molecule has 0 unspecified atom stereocenters. The van der Waals surface area contributed by atoms with Crippen LogP contribution in [0.2, 0.25) is 0 Å². The van der Waals surface area contributed by atoms with Crippen LogP contribution in [0.15, 0.2) is 56.8 Å². The number of allylic oxidation sites excluding steroid dienone is 1. The van der Waals surface area contributed by atoms with E-state index in [4.69, 9.17) is 9.15 Å². The molecule has 25 heavy (non-hydrogen) atoms. The molecule has 1 heterocycles. The van der Waals surface area contributed by atoms with Crippen molar-refractivity contribution in [3.63, 3.8) is 0 Å². The van der Waals surface area contributed by atoms with Crippen molar-refractivity contribution in [2.75, 3.05) is 6.61 Å². The molecule has 5 nitrogen and oxygen atoms in total. The maximum atomic E-state index is 11.9. The molecule has 0 spiro atoms. The van der Waals surface area contributed by atoms with E-state index in [-0.39, 0.29) is 5.41 Å². The van der Waals surface area contributed by atoms with Crippen LogP contribution < -0.4 is 10.5 Å². The van der Waals surface area contributed by atoms with Crippen LogP contribution in [0.4, 0.5) is 0 Å². The van der Waals surface area contributed by atoms with E-state index in [1.54, 1.807) is 18.5 Å². The highest BCUT2D eigenvalue weighted by molar-refractivity contribution is 5.85. The molecule has 1 aromatic heterocycles. The number of nitrogens with zero attached hydrogens (tertiary/aromatic N) is 2. The molecule has 0 aliphatic heterocycles. The largest absolute Gasteiger partial charge is 0.489 e. The zero-order chi connectivity index (χ0) is 18.4. The molecule has 132 valence electrons. The maximum absolute atomic E-state index is 11.9. The highest BCUT2D eigenvalue weighted by Crippen LogP contribution is 2.31. The zero-order valence-electron chi connectivity index (χ0n) is 15.2. The van der Waals surface area contributed by atoms with Gasteiger partial charge in [-0.3, -0.25) is 4.99 Å². The SMILES string of the molecule is C=C(/C=C\N=CC)CCOc1cccc2c(C(C)(C)C)nc(=O)oc12. The second kappa shape index (κ2) is 7.92. The van der Waals surface area contributed by atoms with Gasteiger partial charge in [0.1, 0.15) is 0 Å². The van der Waals surface area contributed by atoms with Crippen molar-refractivity contribution < 1.29 is 9.15 Å². The van der Waals surface area contributed by atoms with Crippen molar-refractivity contribution in [1.29, 1.82) is 0 Å². The Bertz CT molecular complexity index is 871. The molecule has 0 fully saturated rings. The summed E-state index contributed by atoms with van der Waals surface area (Å²) in [6, 6.07) is 5.56. The number of aliphatic imine (C=N–C) groups is 1. The Labute approximate surface area is 147 Å². The number of hydrogen-bond donors (Lipinski definition) is 0. The number of ether oxygens (including phenoxy) is 1. The minimum absolute atomic E-state index is 0.272. The number of aromatic nitrogens is 1. The van der Waals surface area contributed by atoms with Crippen LogP contribution in [0.3, 0.4) is 0 Å². The fourth-order valence-corrected chi connectivity index (χ4v) is 2.36. The van der Waals surface area contributed by atoms with Gasteiger partial charge in [-0.25, -0.2) is 4.79 Å². The number of rotatable bonds is 6. The Kier molecular flexibility index (Phi) is 5.91. The van der Waals surface area contributed by atoms with Gasteiger partial charge in [0.25, 0.3) is 0 Å². The van der Waals surface area contributed by atoms with Crippen molar-refractivity contribution in [2.45, 2.75) is 39.5 Å². The summed E-state index contributed by atoms with van der Waals surface area (Å²) >= 11 is 0. The molecule has 0 aliphatic rings. The molecule has 0 saturated carbocycles. The third-order valence-corrected chi connectivity index (χ3v) is 3.56. The Balaban J connectivity index is 2.24. The van der Waals surface area contributed by atoms with E-state index in [9.17, 15) is 4.79 Å². The van der Waals surface area contributed by atoms with Crippen molar-refractivity contribution >= 4 is 17.2 Å². The summed E-state index contributed by atoms with van der Waals surface area (Å²) in [4.78, 5) is 19.9. The van der Waals surface area contributed by atoms with Crippen LogP contribution in [0.25, 0.3) is 11.0 Å². The van der Waals surface area contributed by atoms with Gasteiger partial charge in [-0.15, -0.1) is 0 Å². The summed E-state index contributed by atoms with van der Waals surface area (Å²) in [5, 5.41) is 0.792. The molecule has 0 amide bonds. The molecule has 0 aliphatic carbocycles. The van der Waals surface area contributed by atoms with Gasteiger partial charge in [0.05, 0.1) is 12.3 Å². The van der Waals surface area contributed by atoms with Gasteiger partial charge in [0, 0.05) is 29.6 Å². The van der Waals surface area contributed by atoms with E-state index in [1.165, 1.54) is 0 Å². The first-order valence-electron chi connectivity index (χ1n) is 8.22. The maximum Gasteiger partial charge on any atom is 0.439 e. The first-order valence-corrected chi connectivity index (χ1v) is 8.22. The highest BCUT2D eigenvalue weighted by atomic mass is 16.5. The fraction of sp³-hybridized carbons (Fsp3) is 0.350. The van der Waals surface area contributed by atoms with Gasteiger partial charge in [0.2, 0.25) is 0 Å². The number of para-hydroxylation sites is 1. The predicted octanol–water partition coefficient (Wildman–Crippen LogP) is 4.42. The summed E-state index contributed by atoms with van der Waals surface area (Å²) in [7, 11) is 0. The van der Waals surface area contributed by atoms with E-state index in [2.05, 4.69) is 16.6 Å². The van der Waals surface area contributed by atoms with Crippen molar-refractivity contribution in [3.8, 4) is 5.75 Å². The van der Waals surface area contributed by atoms with Crippen LogP contribution in [0, 0.1) is 0 Å². The summed E-state index contributed by atoms with van der Waals surface area (Å²) in [6.45, 7) is 12.3. The molecular weight excluding hydrogens is 316 g/mol. The highest BCUT2D eigenvalue weighted by Gasteiger charge is 2.22. The smallest absolute Gasteiger partial charge is 0.439 e. The molecule has 0 N–H and O–H groups in total. The quantitative estimate of drug-likeness (QED) is 0.577. The van der Waals surface area contributed by atoms with E-state index in [0.29, 0.717) is 30.1 Å². The lowest BCUT2D eigenvalue weighted by Crippen LogP contribution is -2.19. The van der Waals surface area contributed by atoms with E-state index in [1.807, 2.05) is 45.9 Å². The van der Waals surface area contributed by atoms with Gasteiger partial charge in [0.15, 0.2) is 11.3 Å². The lowest BCUT2D eigenvalue weighted by Gasteiger charge is -2.19. The Hall–Kier alpha value is -2.69. The first-order chi connectivity index (χ1) is 11.8. The second-order valence-corrected chi connectivity index (χ2v) is 6.69. The van der Waals surface area contributed by atoms with E-state index in [0.717, 1.165) is 11.0 Å². The number of hydrogen-bond acceptors (Lipinski definition) is 5. The van der Waals surface area contributed by atoms with Crippen LogP contribution in [0.1, 0.15) is 39.8 Å². The molecular formula is C20H24N2O3. The van der Waals surface area contributed by atoms with E-state index < -0.39 is 5.76 Å². The monoisotopic (exact) mass is 340 g/mol. The van der Waals surface area contributed by atoms with Crippen LogP contribution >= 0.6 is 0 Å². The third-order valence-electron chi connectivity index (χ3n) is 3.56. The van der Waals surface area contributed by atoms with Crippen molar-refractivity contribution in [1.82, 2.24) is 4.98 Å². The summed E-state index contributed by atoms with van der Waals surface area (Å²) in [6.07, 6.45) is 5.89. The van der Waals surface area contributed by atoms with Crippen LogP contribution in [-0.2, 0) is 5.41 Å². The average Bonchev–Trinajstić information content (AvgIpc) is 2.54. The van der Waals surface area contributed by atoms with Gasteiger partial charge in [-0.1, -0.05) is 39.0 Å². The number of fused-ring (bicyclic) bond motifs is 1. The molecule has 2 aromatic rings. The van der Waals surface area contributed by atoms with Gasteiger partial charge < -0.3 is 9.15 Å². The molecule has 5 heteroatoms. The Morgan fingerprint density at radius 3 is 2.84 bits per heavy atom.